The third kappa shape index (κ3) is 3.62. The van der Waals surface area contributed by atoms with Crippen LogP contribution in [0, 0.1) is 0 Å². The molecule has 0 spiro atoms. The van der Waals surface area contributed by atoms with Gasteiger partial charge < -0.3 is 10.4 Å². The molecule has 0 saturated carbocycles. The summed E-state index contributed by atoms with van der Waals surface area (Å²) in [4.78, 5) is 22.4. The molecule has 1 heterocycles. The normalized spacial score (nSPS) is 19.7. The second-order valence-corrected chi connectivity index (χ2v) is 6.54. The van der Waals surface area contributed by atoms with E-state index in [1.165, 1.54) is 0 Å². The number of carbonyl (C=O) groups excluding carboxylic acids is 1. The van der Waals surface area contributed by atoms with Crippen LogP contribution in [-0.4, -0.2) is 33.1 Å². The number of hydrogen-bond donors (Lipinski definition) is 2. The van der Waals surface area contributed by atoms with Gasteiger partial charge in [0.15, 0.2) is 5.17 Å². The molecule has 1 saturated heterocycles. The number of nitrogens with zero attached hydrogens (tertiary/aromatic N) is 2. The molecule has 1 unspecified atom stereocenters. The molecule has 2 N–H and O–H groups in total. The molecule has 1 aliphatic rings. The molecular formula is C17H15N3O3S. The summed E-state index contributed by atoms with van der Waals surface area (Å²) in [6.07, 6.45) is -0.233. The first kappa shape index (κ1) is 16.2. The number of hydrogen-bond acceptors (Lipinski definition) is 5. The summed E-state index contributed by atoms with van der Waals surface area (Å²) in [7, 11) is 0. The molecule has 24 heavy (non-hydrogen) atoms. The first-order chi connectivity index (χ1) is 11.5. The van der Waals surface area contributed by atoms with E-state index in [1.807, 2.05) is 49.4 Å². The zero-order chi connectivity index (χ0) is 17.1. The molecule has 6 nitrogen and oxygen atoms in total. The molecule has 0 aromatic heterocycles. The van der Waals surface area contributed by atoms with Gasteiger partial charge in [-0.25, -0.2) is 0 Å². The standard InChI is InChI=1S/C17H15N3O3S/c1-10(12-7-6-11-4-2-3-5-13(11)8-12)19-20-17-18-16(23)14(24-17)9-15(21)22/h2-8,14H,9H2,1H3,(H,21,22)(H,18,20,23)/b19-10-. The Balaban J connectivity index is 1.78. The summed E-state index contributed by atoms with van der Waals surface area (Å²) in [6, 6.07) is 14.1. The van der Waals surface area contributed by atoms with Crippen LogP contribution >= 0.6 is 11.8 Å². The molecule has 0 bridgehead atoms. The lowest BCUT2D eigenvalue weighted by Gasteiger charge is -2.02. The number of carbonyl (C=O) groups is 2. The highest BCUT2D eigenvalue weighted by atomic mass is 32.2. The van der Waals surface area contributed by atoms with Gasteiger partial charge in [0.25, 0.3) is 0 Å². The van der Waals surface area contributed by atoms with Crippen LogP contribution in [0.2, 0.25) is 0 Å². The van der Waals surface area contributed by atoms with Crippen molar-refractivity contribution in [1.29, 1.82) is 0 Å². The Hall–Kier alpha value is -2.67. The van der Waals surface area contributed by atoms with Crippen molar-refractivity contribution in [3.8, 4) is 0 Å². The third-order valence-corrected chi connectivity index (χ3v) is 4.67. The average Bonchev–Trinajstić information content (AvgIpc) is 2.91. The summed E-state index contributed by atoms with van der Waals surface area (Å²) in [6.45, 7) is 1.84. The minimum Gasteiger partial charge on any atom is -0.481 e. The number of carboxylic acid groups (broad SMARTS) is 1. The SMILES string of the molecule is C/C(=N/N=C1\NC(=O)C(CC(=O)O)S1)c1ccc2ccccc2c1. The van der Waals surface area contributed by atoms with Gasteiger partial charge in [0.05, 0.1) is 12.1 Å². The van der Waals surface area contributed by atoms with Crippen LogP contribution in [0.3, 0.4) is 0 Å². The van der Waals surface area contributed by atoms with Crippen LogP contribution in [0.5, 0.6) is 0 Å². The summed E-state index contributed by atoms with van der Waals surface area (Å²) in [5, 5.41) is 21.4. The molecule has 1 atom stereocenters. The van der Waals surface area contributed by atoms with E-state index in [0.717, 1.165) is 28.1 Å². The Morgan fingerprint density at radius 3 is 2.75 bits per heavy atom. The molecule has 3 rings (SSSR count). The second kappa shape index (κ2) is 6.84. The van der Waals surface area contributed by atoms with E-state index in [0.29, 0.717) is 10.9 Å². The van der Waals surface area contributed by atoms with E-state index >= 15 is 0 Å². The highest BCUT2D eigenvalue weighted by Crippen LogP contribution is 2.22. The fourth-order valence-corrected chi connectivity index (χ4v) is 3.25. The van der Waals surface area contributed by atoms with Crippen molar-refractivity contribution in [3.63, 3.8) is 0 Å². The minimum absolute atomic E-state index is 0.233. The number of nitrogens with one attached hydrogen (secondary N) is 1. The van der Waals surface area contributed by atoms with Crippen LogP contribution in [0.1, 0.15) is 18.9 Å². The Labute approximate surface area is 142 Å². The Bertz CT molecular complexity index is 876. The van der Waals surface area contributed by atoms with Crippen molar-refractivity contribution in [2.75, 3.05) is 0 Å². The number of benzene rings is 2. The molecule has 1 aliphatic heterocycles. The van der Waals surface area contributed by atoms with Crippen LogP contribution in [-0.2, 0) is 9.59 Å². The van der Waals surface area contributed by atoms with Gasteiger partial charge in [-0.2, -0.15) is 5.10 Å². The number of carboxylic acids is 1. The van der Waals surface area contributed by atoms with Gasteiger partial charge in [-0.05, 0) is 29.3 Å². The van der Waals surface area contributed by atoms with Crippen molar-refractivity contribution < 1.29 is 14.7 Å². The van der Waals surface area contributed by atoms with Gasteiger partial charge in [0, 0.05) is 0 Å². The van der Waals surface area contributed by atoms with Crippen molar-refractivity contribution in [2.45, 2.75) is 18.6 Å². The predicted molar refractivity (Wildman–Crippen MR) is 95.4 cm³/mol. The van der Waals surface area contributed by atoms with Crippen molar-refractivity contribution in [2.24, 2.45) is 10.2 Å². The summed E-state index contributed by atoms with van der Waals surface area (Å²) in [5.74, 6) is -1.36. The number of amides is 1. The monoisotopic (exact) mass is 341 g/mol. The highest BCUT2D eigenvalue weighted by molar-refractivity contribution is 8.15. The number of aliphatic carboxylic acids is 1. The molecule has 0 aliphatic carbocycles. The van der Waals surface area contributed by atoms with Gasteiger partial charge in [0.1, 0.15) is 5.25 Å². The fourth-order valence-electron chi connectivity index (χ4n) is 2.34. The summed E-state index contributed by atoms with van der Waals surface area (Å²) >= 11 is 1.09. The van der Waals surface area contributed by atoms with Gasteiger partial charge >= 0.3 is 5.97 Å². The van der Waals surface area contributed by atoms with Gasteiger partial charge in [-0.1, -0.05) is 48.2 Å². The van der Waals surface area contributed by atoms with E-state index < -0.39 is 11.2 Å². The van der Waals surface area contributed by atoms with Gasteiger partial charge in [0.2, 0.25) is 5.91 Å². The minimum atomic E-state index is -1.01. The van der Waals surface area contributed by atoms with E-state index in [-0.39, 0.29) is 12.3 Å². The Kier molecular flexibility index (Phi) is 4.61. The Morgan fingerprint density at radius 2 is 2.00 bits per heavy atom. The number of rotatable bonds is 4. The van der Waals surface area contributed by atoms with Crippen LogP contribution in [0.15, 0.2) is 52.7 Å². The molecule has 2 aromatic rings. The third-order valence-electron chi connectivity index (χ3n) is 3.59. The summed E-state index contributed by atoms with van der Waals surface area (Å²) < 4.78 is 0. The zero-order valence-electron chi connectivity index (χ0n) is 12.9. The lowest BCUT2D eigenvalue weighted by Crippen LogP contribution is -2.26. The van der Waals surface area contributed by atoms with Crippen molar-refractivity contribution in [3.05, 3.63) is 48.0 Å². The quantitative estimate of drug-likeness (QED) is 0.660. The first-order valence-electron chi connectivity index (χ1n) is 7.33. The number of fused-ring (bicyclic) bond motifs is 1. The van der Waals surface area contributed by atoms with E-state index in [2.05, 4.69) is 15.5 Å². The number of amidine groups is 1. The zero-order valence-corrected chi connectivity index (χ0v) is 13.7. The van der Waals surface area contributed by atoms with Crippen molar-refractivity contribution in [1.82, 2.24) is 5.32 Å². The van der Waals surface area contributed by atoms with E-state index in [4.69, 9.17) is 5.11 Å². The topological polar surface area (TPSA) is 91.1 Å². The largest absolute Gasteiger partial charge is 0.481 e. The lowest BCUT2D eigenvalue weighted by molar-refractivity contribution is -0.138. The molecule has 122 valence electrons. The summed E-state index contributed by atoms with van der Waals surface area (Å²) in [5.41, 5.74) is 1.65. The average molecular weight is 341 g/mol. The fraction of sp³-hybridized carbons (Fsp3) is 0.176. The predicted octanol–water partition coefficient (Wildman–Crippen LogP) is 2.63. The van der Waals surface area contributed by atoms with Crippen LogP contribution < -0.4 is 5.32 Å². The maximum atomic E-state index is 11.7. The van der Waals surface area contributed by atoms with Crippen molar-refractivity contribution >= 4 is 45.3 Å². The molecule has 2 aromatic carbocycles. The van der Waals surface area contributed by atoms with Crippen LogP contribution in [0.4, 0.5) is 0 Å². The molecule has 0 radical (unpaired) electrons. The lowest BCUT2D eigenvalue weighted by atomic mass is 10.0. The number of thioether (sulfide) groups is 1. The van der Waals surface area contributed by atoms with Gasteiger partial charge in [-0.15, -0.1) is 5.10 Å². The smallest absolute Gasteiger partial charge is 0.305 e. The van der Waals surface area contributed by atoms with E-state index in [9.17, 15) is 9.59 Å². The molecule has 1 fully saturated rings. The molecule has 1 amide bonds. The maximum Gasteiger partial charge on any atom is 0.305 e. The highest BCUT2D eigenvalue weighted by Gasteiger charge is 2.32. The molecule has 7 heteroatoms. The Morgan fingerprint density at radius 1 is 1.25 bits per heavy atom. The van der Waals surface area contributed by atoms with E-state index in [1.54, 1.807) is 0 Å². The van der Waals surface area contributed by atoms with Gasteiger partial charge in [-0.3, -0.25) is 9.59 Å². The first-order valence-corrected chi connectivity index (χ1v) is 8.21. The second-order valence-electron chi connectivity index (χ2n) is 5.35. The molecular weight excluding hydrogens is 326 g/mol. The maximum absolute atomic E-state index is 11.7. The van der Waals surface area contributed by atoms with Crippen LogP contribution in [0.25, 0.3) is 10.8 Å².